The zero-order chi connectivity index (χ0) is 13.8. The Kier molecular flexibility index (Phi) is 4.39. The topological polar surface area (TPSA) is 57.4 Å². The fourth-order valence-electron chi connectivity index (χ4n) is 1.75. The molecule has 0 saturated heterocycles. The van der Waals surface area contributed by atoms with Crippen LogP contribution in [0.4, 0.5) is 0 Å². The molecule has 0 spiro atoms. The Morgan fingerprint density at radius 1 is 1.42 bits per heavy atom. The second-order valence-electron chi connectivity index (χ2n) is 4.36. The number of ether oxygens (including phenoxy) is 2. The Bertz CT molecular complexity index is 552. The van der Waals surface area contributed by atoms with Crippen LogP contribution in [0.25, 0.3) is 0 Å². The Morgan fingerprint density at radius 3 is 2.79 bits per heavy atom. The van der Waals surface area contributed by atoms with E-state index in [1.54, 1.807) is 18.4 Å². The summed E-state index contributed by atoms with van der Waals surface area (Å²) in [7, 11) is 1.63. The highest BCUT2D eigenvalue weighted by Crippen LogP contribution is 2.29. The van der Waals surface area contributed by atoms with Crippen LogP contribution in [0.3, 0.4) is 0 Å². The molecule has 0 aliphatic rings. The van der Waals surface area contributed by atoms with Crippen molar-refractivity contribution in [1.29, 1.82) is 0 Å². The van der Waals surface area contributed by atoms with Gasteiger partial charge in [0.1, 0.15) is 23.1 Å². The van der Waals surface area contributed by atoms with Crippen molar-refractivity contribution in [3.05, 3.63) is 39.8 Å². The van der Waals surface area contributed by atoms with Gasteiger partial charge in [-0.05, 0) is 19.9 Å². The number of aromatic nitrogens is 1. The number of nitrogens with zero attached hydrogens (tertiary/aromatic N) is 1. The van der Waals surface area contributed by atoms with Gasteiger partial charge in [0, 0.05) is 28.7 Å². The zero-order valence-corrected chi connectivity index (χ0v) is 12.2. The molecule has 2 rings (SSSR count). The first-order chi connectivity index (χ1) is 9.10. The third-order valence-electron chi connectivity index (χ3n) is 2.73. The van der Waals surface area contributed by atoms with Gasteiger partial charge in [-0.15, -0.1) is 11.3 Å². The average Bonchev–Trinajstić information content (AvgIpc) is 2.81. The van der Waals surface area contributed by atoms with Gasteiger partial charge in [0.05, 0.1) is 7.11 Å². The third kappa shape index (κ3) is 3.45. The van der Waals surface area contributed by atoms with E-state index >= 15 is 0 Å². The van der Waals surface area contributed by atoms with E-state index in [0.29, 0.717) is 6.61 Å². The van der Waals surface area contributed by atoms with E-state index in [2.05, 4.69) is 4.98 Å². The first-order valence-corrected chi connectivity index (χ1v) is 6.95. The molecule has 0 fully saturated rings. The molecule has 1 heterocycles. The van der Waals surface area contributed by atoms with Gasteiger partial charge in [-0.2, -0.15) is 0 Å². The Hall–Kier alpha value is -1.59. The molecule has 2 aromatic rings. The van der Waals surface area contributed by atoms with E-state index in [1.165, 1.54) is 0 Å². The zero-order valence-electron chi connectivity index (χ0n) is 11.3. The van der Waals surface area contributed by atoms with Crippen LogP contribution >= 0.6 is 11.3 Å². The number of benzene rings is 1. The van der Waals surface area contributed by atoms with Gasteiger partial charge in [-0.1, -0.05) is 6.07 Å². The minimum Gasteiger partial charge on any atom is -0.497 e. The van der Waals surface area contributed by atoms with Gasteiger partial charge in [-0.25, -0.2) is 4.98 Å². The predicted octanol–water partition coefficient (Wildman–Crippen LogP) is 3.06. The van der Waals surface area contributed by atoms with Gasteiger partial charge in [-0.3, -0.25) is 0 Å². The van der Waals surface area contributed by atoms with Crippen LogP contribution in [0.5, 0.6) is 11.5 Å². The Morgan fingerprint density at radius 2 is 2.21 bits per heavy atom. The average molecular weight is 278 g/mol. The molecule has 1 atom stereocenters. The van der Waals surface area contributed by atoms with Crippen molar-refractivity contribution >= 4 is 11.3 Å². The summed E-state index contributed by atoms with van der Waals surface area (Å²) in [4.78, 5) is 4.37. The van der Waals surface area contributed by atoms with Crippen molar-refractivity contribution < 1.29 is 9.47 Å². The van der Waals surface area contributed by atoms with Crippen molar-refractivity contribution in [2.24, 2.45) is 5.73 Å². The molecule has 0 amide bonds. The summed E-state index contributed by atoms with van der Waals surface area (Å²) in [6.45, 7) is 4.35. The summed E-state index contributed by atoms with van der Waals surface area (Å²) < 4.78 is 11.0. The summed E-state index contributed by atoms with van der Waals surface area (Å²) in [5.41, 5.74) is 7.93. The number of thiazole rings is 1. The predicted molar refractivity (Wildman–Crippen MR) is 76.8 cm³/mol. The molecule has 0 bridgehead atoms. The SMILES string of the molecule is COc1ccc(C(C)N)c(OCc2nc(C)cs2)c1. The standard InChI is InChI=1S/C14H18N2O2S/c1-9-8-19-14(16-9)7-18-13-6-11(17-3)4-5-12(13)10(2)15/h4-6,8,10H,7,15H2,1-3H3. The molecular weight excluding hydrogens is 260 g/mol. The Balaban J connectivity index is 2.17. The number of hydrogen-bond donors (Lipinski definition) is 1. The van der Waals surface area contributed by atoms with E-state index in [1.807, 2.05) is 37.4 Å². The van der Waals surface area contributed by atoms with Crippen molar-refractivity contribution in [3.8, 4) is 11.5 Å². The van der Waals surface area contributed by atoms with E-state index in [4.69, 9.17) is 15.2 Å². The first kappa shape index (κ1) is 13.8. The number of aryl methyl sites for hydroxylation is 1. The molecule has 5 heteroatoms. The van der Waals surface area contributed by atoms with Crippen LogP contribution in [0.15, 0.2) is 23.6 Å². The lowest BCUT2D eigenvalue weighted by atomic mass is 10.1. The fourth-order valence-corrected chi connectivity index (χ4v) is 2.43. The monoisotopic (exact) mass is 278 g/mol. The first-order valence-electron chi connectivity index (χ1n) is 6.07. The summed E-state index contributed by atoms with van der Waals surface area (Å²) in [6, 6.07) is 5.60. The van der Waals surface area contributed by atoms with E-state index < -0.39 is 0 Å². The van der Waals surface area contributed by atoms with Gasteiger partial charge >= 0.3 is 0 Å². The molecule has 4 nitrogen and oxygen atoms in total. The lowest BCUT2D eigenvalue weighted by molar-refractivity contribution is 0.298. The molecule has 1 aromatic carbocycles. The number of rotatable bonds is 5. The van der Waals surface area contributed by atoms with Gasteiger partial charge in [0.15, 0.2) is 0 Å². The maximum Gasteiger partial charge on any atom is 0.140 e. The molecule has 0 aliphatic heterocycles. The summed E-state index contributed by atoms with van der Waals surface area (Å²) in [6.07, 6.45) is 0. The normalized spacial score (nSPS) is 12.2. The van der Waals surface area contributed by atoms with Gasteiger partial charge < -0.3 is 15.2 Å². The lowest BCUT2D eigenvalue weighted by Crippen LogP contribution is -2.08. The van der Waals surface area contributed by atoms with Crippen LogP contribution in [-0.2, 0) is 6.61 Å². The summed E-state index contributed by atoms with van der Waals surface area (Å²) in [5, 5.41) is 2.97. The molecule has 1 unspecified atom stereocenters. The third-order valence-corrected chi connectivity index (χ3v) is 3.67. The fraction of sp³-hybridized carbons (Fsp3) is 0.357. The maximum absolute atomic E-state index is 5.95. The van der Waals surface area contributed by atoms with Crippen LogP contribution in [0.2, 0.25) is 0 Å². The highest BCUT2D eigenvalue weighted by Gasteiger charge is 2.10. The molecule has 1 aromatic heterocycles. The Labute approximate surface area is 117 Å². The van der Waals surface area contributed by atoms with Crippen LogP contribution in [0.1, 0.15) is 29.2 Å². The largest absolute Gasteiger partial charge is 0.497 e. The molecular formula is C14H18N2O2S. The highest BCUT2D eigenvalue weighted by atomic mass is 32.1. The van der Waals surface area contributed by atoms with Crippen LogP contribution in [-0.4, -0.2) is 12.1 Å². The van der Waals surface area contributed by atoms with E-state index in [0.717, 1.165) is 27.8 Å². The molecule has 0 saturated carbocycles. The van der Waals surface area contributed by atoms with Crippen molar-refractivity contribution in [3.63, 3.8) is 0 Å². The summed E-state index contributed by atoms with van der Waals surface area (Å²) in [5.74, 6) is 1.51. The molecule has 102 valence electrons. The number of methoxy groups -OCH3 is 1. The molecule has 0 radical (unpaired) electrons. The van der Waals surface area contributed by atoms with Crippen LogP contribution in [0, 0.1) is 6.92 Å². The smallest absolute Gasteiger partial charge is 0.140 e. The van der Waals surface area contributed by atoms with Crippen molar-refractivity contribution in [2.75, 3.05) is 7.11 Å². The molecule has 19 heavy (non-hydrogen) atoms. The maximum atomic E-state index is 5.95. The van der Waals surface area contributed by atoms with Crippen LogP contribution < -0.4 is 15.2 Å². The highest BCUT2D eigenvalue weighted by molar-refractivity contribution is 7.09. The summed E-state index contributed by atoms with van der Waals surface area (Å²) >= 11 is 1.59. The van der Waals surface area contributed by atoms with Gasteiger partial charge in [0.25, 0.3) is 0 Å². The van der Waals surface area contributed by atoms with E-state index in [-0.39, 0.29) is 6.04 Å². The van der Waals surface area contributed by atoms with Crippen molar-refractivity contribution in [1.82, 2.24) is 4.98 Å². The molecule has 0 aliphatic carbocycles. The number of nitrogens with two attached hydrogens (primary N) is 1. The minimum absolute atomic E-state index is 0.0843. The van der Waals surface area contributed by atoms with Gasteiger partial charge in [0.2, 0.25) is 0 Å². The second-order valence-corrected chi connectivity index (χ2v) is 5.31. The number of hydrogen-bond acceptors (Lipinski definition) is 5. The van der Waals surface area contributed by atoms with E-state index in [9.17, 15) is 0 Å². The molecule has 2 N–H and O–H groups in total. The second kappa shape index (κ2) is 6.04. The quantitative estimate of drug-likeness (QED) is 0.913. The lowest BCUT2D eigenvalue weighted by Gasteiger charge is -2.14. The minimum atomic E-state index is -0.0843. The van der Waals surface area contributed by atoms with Crippen molar-refractivity contribution in [2.45, 2.75) is 26.5 Å².